The number of rotatable bonds is 4. The minimum Gasteiger partial charge on any atom is -0.449 e. The van der Waals surface area contributed by atoms with Gasteiger partial charge >= 0.3 is 22.6 Å². The highest BCUT2D eigenvalue weighted by Crippen LogP contribution is 2.15. The Hall–Kier alpha value is -1.03. The predicted molar refractivity (Wildman–Crippen MR) is 41.1 cm³/mol. The van der Waals surface area contributed by atoms with Gasteiger partial charge in [0.05, 0.1) is 6.61 Å². The zero-order valence-electron chi connectivity index (χ0n) is 7.50. The van der Waals surface area contributed by atoms with Crippen LogP contribution in [0.5, 0.6) is 0 Å². The second-order valence-corrected chi connectivity index (χ2v) is 3.50. The van der Waals surface area contributed by atoms with E-state index < -0.39 is 29.2 Å². The molecule has 0 saturated carbocycles. The third-order valence-electron chi connectivity index (χ3n) is 0.862. The van der Waals surface area contributed by atoms with Crippen LogP contribution in [0.15, 0.2) is 0 Å². The van der Waals surface area contributed by atoms with Gasteiger partial charge in [-0.3, -0.25) is 0 Å². The van der Waals surface area contributed by atoms with E-state index in [4.69, 9.17) is 0 Å². The Morgan fingerprint density at radius 2 is 1.93 bits per heavy atom. The minimum absolute atomic E-state index is 0.124. The number of ether oxygens (including phenoxy) is 1. The Balaban J connectivity index is 4.15. The molecule has 0 saturated heterocycles. The summed E-state index contributed by atoms with van der Waals surface area (Å²) in [6.07, 6.45) is -6.21. The first-order valence-corrected chi connectivity index (χ1v) is 4.98. The van der Waals surface area contributed by atoms with Crippen molar-refractivity contribution in [1.82, 2.24) is 4.72 Å². The summed E-state index contributed by atoms with van der Waals surface area (Å²) >= 11 is 0. The van der Waals surface area contributed by atoms with Gasteiger partial charge in [0.15, 0.2) is 6.61 Å². The molecule has 1 N–H and O–H groups in total. The van der Waals surface area contributed by atoms with E-state index in [2.05, 4.69) is 8.92 Å². The third-order valence-corrected chi connectivity index (χ3v) is 1.71. The molecule has 90 valence electrons. The van der Waals surface area contributed by atoms with Crippen molar-refractivity contribution in [2.45, 2.75) is 13.1 Å². The number of hydrogen-bond donors (Lipinski definition) is 1. The van der Waals surface area contributed by atoms with Gasteiger partial charge in [-0.2, -0.15) is 26.3 Å². The average molecular weight is 251 g/mol. The van der Waals surface area contributed by atoms with Gasteiger partial charge in [-0.15, -0.1) is 0 Å². The number of carbonyl (C=O) groups is 1. The first-order valence-electron chi connectivity index (χ1n) is 3.57. The number of carbonyl (C=O) groups excluding carboxylic acids is 1. The summed E-state index contributed by atoms with van der Waals surface area (Å²) in [5, 5.41) is 0. The predicted octanol–water partition coefficient (Wildman–Crippen LogP) is 0.556. The topological polar surface area (TPSA) is 81.7 Å². The van der Waals surface area contributed by atoms with Crippen molar-refractivity contribution in [1.29, 1.82) is 0 Å². The van der Waals surface area contributed by atoms with Crippen LogP contribution in [0.2, 0.25) is 0 Å². The molecule has 10 heteroatoms. The molecule has 15 heavy (non-hydrogen) atoms. The molecule has 1 amide bonds. The standard InChI is InChI=1S/C5H8F3NO5S/c1-2-13-4(10)9-15(11,12)14-3-5(6,7)8/h2-3H2,1H3,(H,9,10). The lowest BCUT2D eigenvalue weighted by molar-refractivity contribution is -0.152. The van der Waals surface area contributed by atoms with Crippen LogP contribution >= 0.6 is 0 Å². The zero-order chi connectivity index (χ0) is 12.1. The molecule has 0 aliphatic heterocycles. The Morgan fingerprint density at radius 1 is 1.40 bits per heavy atom. The Kier molecular flexibility index (Phi) is 4.81. The largest absolute Gasteiger partial charge is 0.449 e. The van der Waals surface area contributed by atoms with Gasteiger partial charge in [0.25, 0.3) is 0 Å². The zero-order valence-corrected chi connectivity index (χ0v) is 8.31. The molecular weight excluding hydrogens is 243 g/mol. The fraction of sp³-hybridized carbons (Fsp3) is 0.800. The maximum absolute atomic E-state index is 11.5. The molecule has 0 heterocycles. The molecule has 0 atom stereocenters. The van der Waals surface area contributed by atoms with Crippen molar-refractivity contribution in [3.63, 3.8) is 0 Å². The maximum Gasteiger partial charge on any atom is 0.422 e. The van der Waals surface area contributed by atoms with Gasteiger partial charge in [-0.1, -0.05) is 0 Å². The van der Waals surface area contributed by atoms with Crippen LogP contribution < -0.4 is 4.72 Å². The van der Waals surface area contributed by atoms with Gasteiger partial charge in [-0.25, -0.2) is 8.98 Å². The molecule has 0 fully saturated rings. The molecule has 0 aromatic rings. The van der Waals surface area contributed by atoms with Crippen LogP contribution in [-0.2, 0) is 19.2 Å². The lowest BCUT2D eigenvalue weighted by atomic mass is 10.7. The highest BCUT2D eigenvalue weighted by molar-refractivity contribution is 7.85. The van der Waals surface area contributed by atoms with E-state index in [1.165, 1.54) is 6.92 Å². The van der Waals surface area contributed by atoms with Crippen molar-refractivity contribution in [3.05, 3.63) is 0 Å². The molecule has 0 aromatic carbocycles. The molecule has 0 radical (unpaired) electrons. The Bertz CT molecular complexity index is 311. The van der Waals surface area contributed by atoms with Gasteiger partial charge in [-0.05, 0) is 6.92 Å². The molecule has 6 nitrogen and oxygen atoms in total. The van der Waals surface area contributed by atoms with Crippen LogP contribution in [0.4, 0.5) is 18.0 Å². The maximum atomic E-state index is 11.5. The molecule has 0 aliphatic rings. The van der Waals surface area contributed by atoms with Crippen LogP contribution in [0.25, 0.3) is 0 Å². The van der Waals surface area contributed by atoms with Crippen molar-refractivity contribution in [3.8, 4) is 0 Å². The number of amides is 1. The van der Waals surface area contributed by atoms with E-state index in [9.17, 15) is 26.4 Å². The fourth-order valence-electron chi connectivity index (χ4n) is 0.436. The lowest BCUT2D eigenvalue weighted by Gasteiger charge is -2.08. The first-order chi connectivity index (χ1) is 6.66. The summed E-state index contributed by atoms with van der Waals surface area (Å²) < 4.78 is 64.6. The number of alkyl halides is 3. The highest BCUT2D eigenvalue weighted by Gasteiger charge is 2.31. The van der Waals surface area contributed by atoms with E-state index >= 15 is 0 Å². The van der Waals surface area contributed by atoms with Crippen molar-refractivity contribution >= 4 is 16.4 Å². The quantitative estimate of drug-likeness (QED) is 0.789. The number of hydrogen-bond acceptors (Lipinski definition) is 5. The van der Waals surface area contributed by atoms with E-state index in [1.807, 2.05) is 0 Å². The van der Waals surface area contributed by atoms with Crippen LogP contribution in [0.1, 0.15) is 6.92 Å². The second kappa shape index (κ2) is 5.16. The Labute approximate surface area is 83.6 Å². The molecule has 0 unspecified atom stereocenters. The number of nitrogens with one attached hydrogen (secondary N) is 1. The van der Waals surface area contributed by atoms with Gasteiger partial charge in [0, 0.05) is 0 Å². The van der Waals surface area contributed by atoms with Crippen molar-refractivity contribution in [2.24, 2.45) is 0 Å². The summed E-state index contributed by atoms with van der Waals surface area (Å²) in [6, 6.07) is 0. The summed E-state index contributed by atoms with van der Waals surface area (Å²) in [5.74, 6) is 0. The fourth-order valence-corrected chi connectivity index (χ4v) is 1.05. The normalized spacial score (nSPS) is 12.3. The highest BCUT2D eigenvalue weighted by atomic mass is 32.2. The molecular formula is C5H8F3NO5S. The van der Waals surface area contributed by atoms with Gasteiger partial charge < -0.3 is 4.74 Å². The van der Waals surface area contributed by atoms with Crippen LogP contribution in [0, 0.1) is 0 Å². The molecule has 0 aliphatic carbocycles. The summed E-state index contributed by atoms with van der Waals surface area (Å²) in [5.41, 5.74) is 0. The summed E-state index contributed by atoms with van der Waals surface area (Å²) in [7, 11) is -4.78. The Morgan fingerprint density at radius 3 is 2.33 bits per heavy atom. The summed E-state index contributed by atoms with van der Waals surface area (Å²) in [4.78, 5) is 10.5. The smallest absolute Gasteiger partial charge is 0.422 e. The van der Waals surface area contributed by atoms with E-state index in [1.54, 1.807) is 0 Å². The van der Waals surface area contributed by atoms with Crippen LogP contribution in [0.3, 0.4) is 0 Å². The second-order valence-electron chi connectivity index (χ2n) is 2.15. The first kappa shape index (κ1) is 14.0. The summed E-state index contributed by atoms with van der Waals surface area (Å²) in [6.45, 7) is -0.745. The van der Waals surface area contributed by atoms with E-state index in [0.717, 1.165) is 4.72 Å². The minimum atomic E-state index is -4.80. The van der Waals surface area contributed by atoms with Gasteiger partial charge in [0.2, 0.25) is 0 Å². The SMILES string of the molecule is CCOC(=O)NS(=O)(=O)OCC(F)(F)F. The van der Waals surface area contributed by atoms with E-state index in [-0.39, 0.29) is 6.61 Å². The van der Waals surface area contributed by atoms with Crippen LogP contribution in [-0.4, -0.2) is 33.9 Å². The molecule has 0 aromatic heterocycles. The monoisotopic (exact) mass is 251 g/mol. The number of halogens is 3. The van der Waals surface area contributed by atoms with Crippen molar-refractivity contribution < 1.29 is 35.3 Å². The molecule has 0 bridgehead atoms. The van der Waals surface area contributed by atoms with E-state index in [0.29, 0.717) is 0 Å². The average Bonchev–Trinajstić information content (AvgIpc) is 1.99. The molecule has 0 spiro atoms. The third kappa shape index (κ3) is 8.00. The van der Waals surface area contributed by atoms with Crippen molar-refractivity contribution in [2.75, 3.05) is 13.2 Å². The molecule has 0 rings (SSSR count). The lowest BCUT2D eigenvalue weighted by Crippen LogP contribution is -2.34. The van der Waals surface area contributed by atoms with Gasteiger partial charge in [0.1, 0.15) is 0 Å².